The first-order valence-corrected chi connectivity index (χ1v) is 10.9. The van der Waals surface area contributed by atoms with Crippen molar-refractivity contribution in [2.75, 3.05) is 13.1 Å². The summed E-state index contributed by atoms with van der Waals surface area (Å²) in [5.41, 5.74) is 5.46. The van der Waals surface area contributed by atoms with Crippen LogP contribution in [0.25, 0.3) is 11.6 Å². The Labute approximate surface area is 167 Å². The largest absolute Gasteiger partial charge is 0.243 e. The molecule has 0 amide bonds. The third kappa shape index (κ3) is 3.79. The Morgan fingerprint density at radius 3 is 2.29 bits per heavy atom. The molecule has 3 aromatic carbocycles. The maximum atomic E-state index is 13.3. The fraction of sp³-hybridized carbons (Fsp3) is 0.167. The number of benzene rings is 3. The van der Waals surface area contributed by atoms with Gasteiger partial charge in [0.05, 0.1) is 4.90 Å². The molecule has 0 saturated heterocycles. The summed E-state index contributed by atoms with van der Waals surface area (Å²) in [6, 6.07) is 25.4. The summed E-state index contributed by atoms with van der Waals surface area (Å²) in [4.78, 5) is 0.350. The van der Waals surface area contributed by atoms with Gasteiger partial charge in [-0.25, -0.2) is 8.42 Å². The zero-order chi connectivity index (χ0) is 19.6. The molecule has 4 rings (SSSR count). The number of sulfonamides is 1. The Morgan fingerprint density at radius 2 is 1.54 bits per heavy atom. The minimum atomic E-state index is -3.55. The molecule has 1 aliphatic rings. The highest BCUT2D eigenvalue weighted by atomic mass is 32.2. The highest BCUT2D eigenvalue weighted by molar-refractivity contribution is 7.89. The first-order valence-electron chi connectivity index (χ1n) is 9.45. The third-order valence-corrected chi connectivity index (χ3v) is 7.00. The molecule has 28 heavy (non-hydrogen) atoms. The summed E-state index contributed by atoms with van der Waals surface area (Å²) in [7, 11) is -3.55. The van der Waals surface area contributed by atoms with Gasteiger partial charge in [0.15, 0.2) is 0 Å². The molecule has 0 spiro atoms. The maximum Gasteiger partial charge on any atom is 0.243 e. The summed E-state index contributed by atoms with van der Waals surface area (Å²) in [5, 5.41) is 0. The number of rotatable bonds is 3. The van der Waals surface area contributed by atoms with Crippen LogP contribution in [0.15, 0.2) is 83.8 Å². The molecule has 3 aromatic rings. The summed E-state index contributed by atoms with van der Waals surface area (Å²) in [5.74, 6) is 0. The van der Waals surface area contributed by atoms with E-state index in [1.165, 1.54) is 5.56 Å². The van der Waals surface area contributed by atoms with E-state index in [9.17, 15) is 8.42 Å². The van der Waals surface area contributed by atoms with Crippen molar-refractivity contribution in [1.29, 1.82) is 0 Å². The van der Waals surface area contributed by atoms with E-state index in [0.29, 0.717) is 24.4 Å². The van der Waals surface area contributed by atoms with Gasteiger partial charge in [0.1, 0.15) is 0 Å². The van der Waals surface area contributed by atoms with Gasteiger partial charge in [0, 0.05) is 13.1 Å². The van der Waals surface area contributed by atoms with Crippen LogP contribution in [0.1, 0.15) is 22.3 Å². The van der Waals surface area contributed by atoms with Crippen molar-refractivity contribution in [3.05, 3.63) is 101 Å². The fourth-order valence-corrected chi connectivity index (χ4v) is 5.01. The molecule has 0 aliphatic carbocycles. The van der Waals surface area contributed by atoms with E-state index >= 15 is 0 Å². The number of hydrogen-bond donors (Lipinski definition) is 0. The molecule has 3 nitrogen and oxygen atoms in total. The van der Waals surface area contributed by atoms with Crippen molar-refractivity contribution < 1.29 is 8.42 Å². The summed E-state index contributed by atoms with van der Waals surface area (Å²) in [6.07, 6.45) is 2.80. The normalized spacial score (nSPS) is 16.5. The van der Waals surface area contributed by atoms with E-state index in [2.05, 4.69) is 18.2 Å². The van der Waals surface area contributed by atoms with Crippen LogP contribution in [-0.4, -0.2) is 25.8 Å². The number of aryl methyl sites for hydroxylation is 1. The zero-order valence-corrected chi connectivity index (χ0v) is 16.7. The average Bonchev–Trinajstić information content (AvgIpc) is 2.90. The lowest BCUT2D eigenvalue weighted by atomic mass is 9.97. The smallest absolute Gasteiger partial charge is 0.207 e. The number of hydrogen-bond acceptors (Lipinski definition) is 2. The minimum absolute atomic E-state index is 0.350. The van der Waals surface area contributed by atoms with Crippen molar-refractivity contribution >= 4 is 21.7 Å². The predicted octanol–water partition coefficient (Wildman–Crippen LogP) is 4.78. The highest BCUT2D eigenvalue weighted by Gasteiger charge is 2.28. The average molecular weight is 390 g/mol. The van der Waals surface area contributed by atoms with Crippen molar-refractivity contribution in [2.24, 2.45) is 0 Å². The van der Waals surface area contributed by atoms with E-state index in [0.717, 1.165) is 22.3 Å². The van der Waals surface area contributed by atoms with Crippen LogP contribution in [-0.2, 0) is 16.4 Å². The molecular weight excluding hydrogens is 366 g/mol. The van der Waals surface area contributed by atoms with Crippen molar-refractivity contribution in [3.8, 4) is 0 Å². The molecule has 0 saturated carbocycles. The topological polar surface area (TPSA) is 37.4 Å². The number of nitrogens with zero attached hydrogens (tertiary/aromatic N) is 1. The Balaban J connectivity index is 1.76. The van der Waals surface area contributed by atoms with Crippen LogP contribution in [0.4, 0.5) is 0 Å². The van der Waals surface area contributed by atoms with E-state index in [4.69, 9.17) is 0 Å². The van der Waals surface area contributed by atoms with Crippen molar-refractivity contribution in [3.63, 3.8) is 0 Å². The Bertz CT molecular complexity index is 1100. The molecule has 142 valence electrons. The van der Waals surface area contributed by atoms with Crippen LogP contribution < -0.4 is 0 Å². The molecule has 0 N–H and O–H groups in total. The summed E-state index contributed by atoms with van der Waals surface area (Å²) in [6.45, 7) is 2.79. The maximum absolute atomic E-state index is 13.3. The molecule has 0 bridgehead atoms. The van der Waals surface area contributed by atoms with Gasteiger partial charge in [0.2, 0.25) is 10.0 Å². The number of fused-ring (bicyclic) bond motifs is 1. The van der Waals surface area contributed by atoms with Gasteiger partial charge in [-0.05, 0) is 53.8 Å². The predicted molar refractivity (Wildman–Crippen MR) is 114 cm³/mol. The van der Waals surface area contributed by atoms with E-state index in [-0.39, 0.29) is 0 Å². The van der Waals surface area contributed by atoms with Gasteiger partial charge >= 0.3 is 0 Å². The van der Waals surface area contributed by atoms with Crippen LogP contribution in [0.3, 0.4) is 0 Å². The quantitative estimate of drug-likeness (QED) is 0.646. The second kappa shape index (κ2) is 7.74. The molecule has 1 aliphatic heterocycles. The third-order valence-electron chi connectivity index (χ3n) is 5.14. The molecule has 0 atom stereocenters. The lowest BCUT2D eigenvalue weighted by molar-refractivity contribution is 0.454. The van der Waals surface area contributed by atoms with Gasteiger partial charge < -0.3 is 0 Å². The first-order chi connectivity index (χ1) is 13.5. The van der Waals surface area contributed by atoms with Crippen LogP contribution >= 0.6 is 0 Å². The monoisotopic (exact) mass is 389 g/mol. The Kier molecular flexibility index (Phi) is 5.16. The molecular formula is C24H23NO2S. The molecule has 0 radical (unpaired) electrons. The zero-order valence-electron chi connectivity index (χ0n) is 15.9. The van der Waals surface area contributed by atoms with E-state index in [1.54, 1.807) is 16.4 Å². The summed E-state index contributed by atoms with van der Waals surface area (Å²) < 4.78 is 28.2. The highest BCUT2D eigenvalue weighted by Crippen LogP contribution is 2.29. The molecule has 1 heterocycles. The van der Waals surface area contributed by atoms with Gasteiger partial charge in [-0.15, -0.1) is 0 Å². The first kappa shape index (κ1) is 18.7. The van der Waals surface area contributed by atoms with Gasteiger partial charge in [0.25, 0.3) is 0 Å². The van der Waals surface area contributed by atoms with Crippen LogP contribution in [0.5, 0.6) is 0 Å². The minimum Gasteiger partial charge on any atom is -0.207 e. The Morgan fingerprint density at radius 1 is 0.857 bits per heavy atom. The van der Waals surface area contributed by atoms with Crippen molar-refractivity contribution in [1.82, 2.24) is 4.31 Å². The molecule has 0 unspecified atom stereocenters. The van der Waals surface area contributed by atoms with E-state index < -0.39 is 10.0 Å². The second-order valence-electron chi connectivity index (χ2n) is 7.14. The molecule has 0 fully saturated rings. The molecule has 4 heteroatoms. The Hall–Kier alpha value is -2.69. The SMILES string of the molecule is Cc1ccc(S(=O)(=O)N2CCc3ccccc3/C(=C/c3ccccc3)C2)cc1. The lowest BCUT2D eigenvalue weighted by Gasteiger charge is -2.21. The fourth-order valence-electron chi connectivity index (χ4n) is 3.59. The van der Waals surface area contributed by atoms with E-state index in [1.807, 2.05) is 61.5 Å². The lowest BCUT2D eigenvalue weighted by Crippen LogP contribution is -2.33. The van der Waals surface area contributed by atoms with Crippen LogP contribution in [0.2, 0.25) is 0 Å². The van der Waals surface area contributed by atoms with Crippen molar-refractivity contribution in [2.45, 2.75) is 18.2 Å². The van der Waals surface area contributed by atoms with Gasteiger partial charge in [-0.1, -0.05) is 72.3 Å². The standard InChI is InChI=1S/C24H23NO2S/c1-19-11-13-23(14-12-19)28(26,27)25-16-15-21-9-5-6-10-24(21)22(18-25)17-20-7-3-2-4-8-20/h2-14,17H,15-16,18H2,1H3/b22-17+. The summed E-state index contributed by atoms with van der Waals surface area (Å²) >= 11 is 0. The van der Waals surface area contributed by atoms with Gasteiger partial charge in [-0.3, -0.25) is 0 Å². The second-order valence-corrected chi connectivity index (χ2v) is 9.08. The van der Waals surface area contributed by atoms with Crippen LogP contribution in [0, 0.1) is 6.92 Å². The molecule has 0 aromatic heterocycles. The van der Waals surface area contributed by atoms with Gasteiger partial charge in [-0.2, -0.15) is 4.31 Å².